The Labute approximate surface area is 148 Å². The summed E-state index contributed by atoms with van der Waals surface area (Å²) in [7, 11) is 0. The number of halogens is 2. The lowest BCUT2D eigenvalue weighted by molar-refractivity contribution is -0.123. The van der Waals surface area contributed by atoms with E-state index in [1.54, 1.807) is 25.1 Å². The number of nitrogens with one attached hydrogen (secondary N) is 1. The van der Waals surface area contributed by atoms with Crippen LogP contribution in [0.4, 0.5) is 14.7 Å². The molecule has 0 saturated heterocycles. The van der Waals surface area contributed by atoms with Gasteiger partial charge in [-0.1, -0.05) is 24.2 Å². The van der Waals surface area contributed by atoms with Crippen LogP contribution in [0.3, 0.4) is 0 Å². The Hall–Kier alpha value is -3.22. The zero-order chi connectivity index (χ0) is 18.5. The van der Waals surface area contributed by atoms with E-state index >= 15 is 0 Å². The molecule has 26 heavy (non-hydrogen) atoms. The van der Waals surface area contributed by atoms with Gasteiger partial charge >= 0.3 is 0 Å². The average molecular weight is 358 g/mol. The summed E-state index contributed by atoms with van der Waals surface area (Å²) in [5.41, 5.74) is 1.09. The number of nitrogens with zero attached hydrogens (tertiary/aromatic N) is 1. The van der Waals surface area contributed by atoms with Crippen LogP contribution in [0.15, 0.2) is 59.1 Å². The van der Waals surface area contributed by atoms with Gasteiger partial charge in [0, 0.05) is 11.6 Å². The molecule has 0 aliphatic rings. The second kappa shape index (κ2) is 7.77. The molecule has 3 rings (SSSR count). The number of benzene rings is 2. The number of hydrogen-bond donors (Lipinski definition) is 1. The van der Waals surface area contributed by atoms with Gasteiger partial charge in [-0.15, -0.1) is 0 Å². The zero-order valence-corrected chi connectivity index (χ0v) is 13.9. The van der Waals surface area contributed by atoms with Gasteiger partial charge in [0.25, 0.3) is 5.91 Å². The van der Waals surface area contributed by atoms with Crippen LogP contribution < -0.4 is 10.1 Å². The van der Waals surface area contributed by atoms with Gasteiger partial charge in [-0.3, -0.25) is 10.1 Å². The fourth-order valence-electron chi connectivity index (χ4n) is 2.31. The summed E-state index contributed by atoms with van der Waals surface area (Å²) in [6, 6.07) is 13.1. The summed E-state index contributed by atoms with van der Waals surface area (Å²) < 4.78 is 37.2. The van der Waals surface area contributed by atoms with E-state index < -0.39 is 17.8 Å². The molecule has 0 saturated carbocycles. The second-order valence-corrected chi connectivity index (χ2v) is 5.52. The third kappa shape index (κ3) is 4.05. The molecule has 1 N–H and O–H groups in total. The highest BCUT2D eigenvalue weighted by atomic mass is 19.1. The maximum absolute atomic E-state index is 13.7. The maximum atomic E-state index is 13.7. The molecule has 1 amide bonds. The van der Waals surface area contributed by atoms with Crippen molar-refractivity contribution in [2.24, 2.45) is 0 Å². The van der Waals surface area contributed by atoms with E-state index in [9.17, 15) is 13.6 Å². The molecule has 1 aromatic heterocycles. The molecule has 3 aromatic rings. The first kappa shape index (κ1) is 17.6. The Morgan fingerprint density at radius 1 is 1.19 bits per heavy atom. The number of para-hydroxylation sites is 1. The first-order valence-corrected chi connectivity index (χ1v) is 8.01. The quantitative estimate of drug-likeness (QED) is 0.709. The lowest BCUT2D eigenvalue weighted by Gasteiger charge is -2.16. The number of aromatic nitrogens is 1. The molecule has 5 nitrogen and oxygen atoms in total. The van der Waals surface area contributed by atoms with Crippen molar-refractivity contribution in [1.29, 1.82) is 0 Å². The zero-order valence-electron chi connectivity index (χ0n) is 13.9. The van der Waals surface area contributed by atoms with Crippen molar-refractivity contribution < 1.29 is 22.8 Å². The molecule has 0 spiro atoms. The molecule has 0 aliphatic heterocycles. The largest absolute Gasteiger partial charge is 0.478 e. The minimum atomic E-state index is -0.897. The van der Waals surface area contributed by atoms with E-state index in [-0.39, 0.29) is 17.5 Å². The second-order valence-electron chi connectivity index (χ2n) is 5.52. The van der Waals surface area contributed by atoms with Gasteiger partial charge in [-0.25, -0.2) is 8.78 Å². The van der Waals surface area contributed by atoms with Gasteiger partial charge in [-0.2, -0.15) is 0 Å². The van der Waals surface area contributed by atoms with Crippen LogP contribution in [0, 0.1) is 11.6 Å². The normalized spacial score (nSPS) is 11.8. The van der Waals surface area contributed by atoms with Crippen molar-refractivity contribution in [3.05, 3.63) is 66.2 Å². The minimum absolute atomic E-state index is 0.000860. The highest BCUT2D eigenvalue weighted by Gasteiger charge is 2.21. The fraction of sp³-hybridized carbons (Fsp3) is 0.158. The lowest BCUT2D eigenvalue weighted by atomic mass is 10.1. The molecule has 7 heteroatoms. The number of carbonyl (C=O) groups is 1. The van der Waals surface area contributed by atoms with E-state index in [2.05, 4.69) is 10.5 Å². The Morgan fingerprint density at radius 3 is 2.62 bits per heavy atom. The van der Waals surface area contributed by atoms with Gasteiger partial charge in [0.2, 0.25) is 5.88 Å². The highest BCUT2D eigenvalue weighted by molar-refractivity contribution is 5.93. The van der Waals surface area contributed by atoms with Crippen LogP contribution in [0.1, 0.15) is 13.3 Å². The molecule has 0 fully saturated rings. The Bertz CT molecular complexity index is 894. The van der Waals surface area contributed by atoms with Gasteiger partial charge in [-0.05, 0) is 42.8 Å². The number of ether oxygens (including phenoxy) is 1. The number of hydrogen-bond acceptors (Lipinski definition) is 4. The molecule has 1 atom stereocenters. The van der Waals surface area contributed by atoms with Crippen LogP contribution >= 0.6 is 0 Å². The predicted molar refractivity (Wildman–Crippen MR) is 91.6 cm³/mol. The summed E-state index contributed by atoms with van der Waals surface area (Å²) >= 11 is 0. The van der Waals surface area contributed by atoms with E-state index in [1.807, 2.05) is 0 Å². The highest BCUT2D eigenvalue weighted by Crippen LogP contribution is 2.23. The van der Waals surface area contributed by atoms with Crippen LogP contribution in [-0.2, 0) is 4.79 Å². The summed E-state index contributed by atoms with van der Waals surface area (Å²) in [5, 5.41) is 6.38. The van der Waals surface area contributed by atoms with Gasteiger partial charge in [0.05, 0.1) is 0 Å². The fourth-order valence-corrected chi connectivity index (χ4v) is 2.31. The molecule has 0 radical (unpaired) electrons. The topological polar surface area (TPSA) is 64.4 Å². The molecule has 1 heterocycles. The standard InChI is InChI=1S/C19H16F2N2O3/c1-2-16(25-17-6-4-3-5-14(17)21)19(24)22-18-11-15(23-26-18)12-7-9-13(20)10-8-12/h3-11,16H,2H2,1H3,(H,22,24)/t16-/m1/s1. The molecule has 2 aromatic carbocycles. The van der Waals surface area contributed by atoms with Crippen LogP contribution in [0.2, 0.25) is 0 Å². The third-order valence-corrected chi connectivity index (χ3v) is 3.67. The molecule has 134 valence electrons. The number of rotatable bonds is 6. The van der Waals surface area contributed by atoms with Crippen LogP contribution in [-0.4, -0.2) is 17.2 Å². The summed E-state index contributed by atoms with van der Waals surface area (Å²) in [4.78, 5) is 12.4. The first-order valence-electron chi connectivity index (χ1n) is 8.01. The number of amides is 1. The van der Waals surface area contributed by atoms with E-state index in [0.717, 1.165) is 0 Å². The van der Waals surface area contributed by atoms with Crippen molar-refractivity contribution in [3.63, 3.8) is 0 Å². The van der Waals surface area contributed by atoms with Gasteiger partial charge in [0.1, 0.15) is 11.5 Å². The number of anilines is 1. The van der Waals surface area contributed by atoms with Crippen molar-refractivity contribution in [2.45, 2.75) is 19.4 Å². The Balaban J connectivity index is 1.68. The lowest BCUT2D eigenvalue weighted by Crippen LogP contribution is -2.32. The van der Waals surface area contributed by atoms with Crippen molar-refractivity contribution in [1.82, 2.24) is 5.16 Å². The van der Waals surface area contributed by atoms with Gasteiger partial charge in [0.15, 0.2) is 17.7 Å². The van der Waals surface area contributed by atoms with Gasteiger partial charge < -0.3 is 9.26 Å². The third-order valence-electron chi connectivity index (χ3n) is 3.67. The smallest absolute Gasteiger partial charge is 0.267 e. The summed E-state index contributed by atoms with van der Waals surface area (Å²) in [5.74, 6) is -1.28. The Kier molecular flexibility index (Phi) is 5.26. The van der Waals surface area contributed by atoms with Crippen LogP contribution in [0.5, 0.6) is 5.75 Å². The monoisotopic (exact) mass is 358 g/mol. The maximum Gasteiger partial charge on any atom is 0.267 e. The van der Waals surface area contributed by atoms with E-state index in [4.69, 9.17) is 9.26 Å². The first-order chi connectivity index (χ1) is 12.6. The summed E-state index contributed by atoms with van der Waals surface area (Å²) in [6.07, 6.45) is -0.565. The van der Waals surface area contributed by atoms with Crippen LogP contribution in [0.25, 0.3) is 11.3 Å². The summed E-state index contributed by atoms with van der Waals surface area (Å²) in [6.45, 7) is 1.75. The molecular weight excluding hydrogens is 342 g/mol. The Morgan fingerprint density at radius 2 is 1.92 bits per heavy atom. The van der Waals surface area contributed by atoms with E-state index in [1.165, 1.54) is 36.4 Å². The molecule has 0 bridgehead atoms. The van der Waals surface area contributed by atoms with Crippen molar-refractivity contribution >= 4 is 11.8 Å². The van der Waals surface area contributed by atoms with Crippen molar-refractivity contribution in [2.75, 3.05) is 5.32 Å². The SMILES string of the molecule is CC[C@@H](Oc1ccccc1F)C(=O)Nc1cc(-c2ccc(F)cc2)no1. The number of carbonyl (C=O) groups excluding carboxylic acids is 1. The average Bonchev–Trinajstić information content (AvgIpc) is 3.10. The predicted octanol–water partition coefficient (Wildman–Crippen LogP) is 4.42. The molecule has 0 aliphatic carbocycles. The van der Waals surface area contributed by atoms with E-state index in [0.29, 0.717) is 17.7 Å². The van der Waals surface area contributed by atoms with Crippen molar-refractivity contribution in [3.8, 4) is 17.0 Å². The minimum Gasteiger partial charge on any atom is -0.478 e. The molecule has 0 unspecified atom stereocenters. The molecular formula is C19H16F2N2O3.